The first-order valence-corrected chi connectivity index (χ1v) is 12.3. The molecule has 3 heterocycles. The van der Waals surface area contributed by atoms with Gasteiger partial charge >= 0.3 is 0 Å². The Morgan fingerprint density at radius 2 is 0.844 bits per heavy atom. The van der Waals surface area contributed by atoms with Gasteiger partial charge in [0.1, 0.15) is 0 Å². The first-order chi connectivity index (χ1) is 15.9. The minimum Gasteiger partial charge on any atom is -0.248 e. The van der Waals surface area contributed by atoms with Gasteiger partial charge in [0.25, 0.3) is 0 Å². The van der Waals surface area contributed by atoms with Crippen LogP contribution in [0.15, 0.2) is 103 Å². The summed E-state index contributed by atoms with van der Waals surface area (Å²) in [6.45, 7) is 0. The summed E-state index contributed by atoms with van der Waals surface area (Å²) in [7, 11) is 0. The number of thiophene rings is 2. The van der Waals surface area contributed by atoms with E-state index in [0.29, 0.717) is 0 Å². The smallest absolute Gasteiger partial charge is 0.0723 e. The zero-order valence-electron chi connectivity index (χ0n) is 17.1. The number of hydrogen-bond acceptors (Lipinski definition) is 3. The molecule has 0 fully saturated rings. The molecule has 3 aromatic heterocycles. The van der Waals surface area contributed by atoms with E-state index >= 15 is 0 Å². The number of rotatable bonds is 2. The Labute approximate surface area is 193 Å². The number of nitrogens with zero attached hydrogens (tertiary/aromatic N) is 1. The van der Waals surface area contributed by atoms with Gasteiger partial charge in [-0.1, -0.05) is 78.9 Å². The van der Waals surface area contributed by atoms with Crippen molar-refractivity contribution in [1.82, 2.24) is 4.98 Å². The van der Waals surface area contributed by atoms with E-state index in [1.807, 2.05) is 22.7 Å². The van der Waals surface area contributed by atoms with Crippen molar-refractivity contribution in [3.63, 3.8) is 0 Å². The van der Waals surface area contributed by atoms with E-state index in [1.165, 1.54) is 51.5 Å². The molecule has 0 atom stereocenters. The summed E-state index contributed by atoms with van der Waals surface area (Å²) in [5, 5.41) is 5.25. The summed E-state index contributed by atoms with van der Waals surface area (Å²) < 4.78 is 5.25. The van der Waals surface area contributed by atoms with E-state index in [9.17, 15) is 0 Å². The maximum atomic E-state index is 5.17. The molecule has 0 bridgehead atoms. The molecular weight excluding hydrogens is 426 g/mol. The van der Waals surface area contributed by atoms with Crippen LogP contribution in [-0.2, 0) is 0 Å². The first kappa shape index (κ1) is 18.1. The normalized spacial score (nSPS) is 11.8. The summed E-state index contributed by atoms with van der Waals surface area (Å²) >= 11 is 3.70. The van der Waals surface area contributed by atoms with Crippen LogP contribution in [-0.4, -0.2) is 4.98 Å². The summed E-state index contributed by atoms with van der Waals surface area (Å²) in [6.07, 6.45) is 0. The summed E-state index contributed by atoms with van der Waals surface area (Å²) in [4.78, 5) is 5.17. The topological polar surface area (TPSA) is 12.9 Å². The minimum absolute atomic E-state index is 1.03. The molecule has 1 nitrogen and oxygen atoms in total. The van der Waals surface area contributed by atoms with Gasteiger partial charge in [0.05, 0.1) is 11.4 Å². The number of pyridine rings is 1. The Balaban J connectivity index is 1.45. The number of aromatic nitrogens is 1. The van der Waals surface area contributed by atoms with Crippen molar-refractivity contribution in [2.24, 2.45) is 0 Å². The third kappa shape index (κ3) is 2.65. The third-order valence-electron chi connectivity index (χ3n) is 6.11. The van der Waals surface area contributed by atoms with E-state index in [-0.39, 0.29) is 0 Å². The zero-order chi connectivity index (χ0) is 21.1. The van der Waals surface area contributed by atoms with E-state index in [4.69, 9.17) is 4.98 Å². The van der Waals surface area contributed by atoms with Crippen LogP contribution in [0.4, 0.5) is 0 Å². The fourth-order valence-electron chi connectivity index (χ4n) is 4.63. The van der Waals surface area contributed by atoms with Crippen LogP contribution in [0, 0.1) is 0 Å². The Bertz CT molecular complexity index is 1660. The number of benzene rings is 4. The number of fused-ring (bicyclic) bond motifs is 6. The van der Waals surface area contributed by atoms with Crippen LogP contribution < -0.4 is 0 Å². The van der Waals surface area contributed by atoms with Gasteiger partial charge in [-0.15, -0.1) is 22.7 Å². The summed E-state index contributed by atoms with van der Waals surface area (Å²) in [5.41, 5.74) is 4.46. The largest absolute Gasteiger partial charge is 0.248 e. The van der Waals surface area contributed by atoms with Crippen molar-refractivity contribution in [3.8, 4) is 22.5 Å². The molecule has 0 amide bonds. The maximum Gasteiger partial charge on any atom is 0.0723 e. The van der Waals surface area contributed by atoms with Crippen LogP contribution in [0.1, 0.15) is 0 Å². The van der Waals surface area contributed by atoms with Crippen molar-refractivity contribution in [2.75, 3.05) is 0 Å². The molecule has 0 unspecified atom stereocenters. The quantitative estimate of drug-likeness (QED) is 0.259. The highest BCUT2D eigenvalue weighted by atomic mass is 32.1. The second-order valence-corrected chi connectivity index (χ2v) is 10.1. The zero-order valence-corrected chi connectivity index (χ0v) is 18.7. The Kier molecular flexibility index (Phi) is 3.95. The van der Waals surface area contributed by atoms with Crippen molar-refractivity contribution in [1.29, 1.82) is 0 Å². The number of hydrogen-bond donors (Lipinski definition) is 0. The monoisotopic (exact) mass is 443 g/mol. The van der Waals surface area contributed by atoms with Crippen LogP contribution in [0.3, 0.4) is 0 Å². The molecule has 0 aliphatic carbocycles. The molecule has 0 N–H and O–H groups in total. The molecule has 0 aliphatic heterocycles. The lowest BCUT2D eigenvalue weighted by atomic mass is 10.0. The molecule has 4 aromatic carbocycles. The van der Waals surface area contributed by atoms with E-state index in [1.54, 1.807) is 0 Å². The molecule has 32 heavy (non-hydrogen) atoms. The average Bonchev–Trinajstić information content (AvgIpc) is 3.42. The lowest BCUT2D eigenvalue weighted by Gasteiger charge is -2.07. The van der Waals surface area contributed by atoms with E-state index < -0.39 is 0 Å². The van der Waals surface area contributed by atoms with Crippen LogP contribution >= 0.6 is 22.7 Å². The van der Waals surface area contributed by atoms with Crippen molar-refractivity contribution in [3.05, 3.63) is 103 Å². The molecule has 0 radical (unpaired) electrons. The van der Waals surface area contributed by atoms with Crippen LogP contribution in [0.2, 0.25) is 0 Å². The Morgan fingerprint density at radius 1 is 0.406 bits per heavy atom. The Hall–Kier alpha value is -3.53. The van der Waals surface area contributed by atoms with Crippen molar-refractivity contribution in [2.45, 2.75) is 0 Å². The fourth-order valence-corrected chi connectivity index (χ4v) is 7.08. The minimum atomic E-state index is 1.03. The summed E-state index contributed by atoms with van der Waals surface area (Å²) in [6, 6.07) is 36.8. The second kappa shape index (κ2) is 6.99. The van der Waals surface area contributed by atoms with Gasteiger partial charge in [-0.3, -0.25) is 0 Å². The van der Waals surface area contributed by atoms with Gasteiger partial charge in [-0.2, -0.15) is 0 Å². The molecule has 7 aromatic rings. The highest BCUT2D eigenvalue weighted by Crippen LogP contribution is 2.41. The van der Waals surface area contributed by atoms with Gasteiger partial charge in [0.15, 0.2) is 0 Å². The van der Waals surface area contributed by atoms with Gasteiger partial charge in [-0.05, 0) is 24.3 Å². The highest BCUT2D eigenvalue weighted by molar-refractivity contribution is 7.26. The van der Waals surface area contributed by atoms with E-state index in [2.05, 4.69) is 103 Å². The molecular formula is C29H17NS2. The predicted molar refractivity (Wildman–Crippen MR) is 141 cm³/mol. The van der Waals surface area contributed by atoms with Gasteiger partial charge in [0.2, 0.25) is 0 Å². The molecule has 0 aliphatic rings. The van der Waals surface area contributed by atoms with Crippen LogP contribution in [0.5, 0.6) is 0 Å². The SMILES string of the molecule is c1cc(-c2cccc3c2sc2ccccc23)nc(-c2cccc3c2sc2ccccc23)c1. The standard InChI is InChI=1S/C29H17NS2/c1-3-16-26-18(8-1)20-10-5-12-22(28(20)31-26)24-14-7-15-25(30-24)23-13-6-11-21-19-9-2-4-17-27(19)32-29(21)23/h1-17H. The lowest BCUT2D eigenvalue weighted by Crippen LogP contribution is -1.88. The molecule has 3 heteroatoms. The molecule has 150 valence electrons. The van der Waals surface area contributed by atoms with E-state index in [0.717, 1.165) is 11.4 Å². The average molecular weight is 444 g/mol. The Morgan fingerprint density at radius 3 is 1.38 bits per heavy atom. The lowest BCUT2D eigenvalue weighted by molar-refractivity contribution is 1.34. The van der Waals surface area contributed by atoms with Crippen LogP contribution in [0.25, 0.3) is 62.9 Å². The predicted octanol–water partition coefficient (Wildman–Crippen LogP) is 9.15. The first-order valence-electron chi connectivity index (χ1n) is 10.7. The maximum absolute atomic E-state index is 5.17. The fraction of sp³-hybridized carbons (Fsp3) is 0. The second-order valence-electron chi connectivity index (χ2n) is 7.97. The van der Waals surface area contributed by atoms with Gasteiger partial charge in [0, 0.05) is 51.5 Å². The molecule has 0 saturated carbocycles. The van der Waals surface area contributed by atoms with Gasteiger partial charge in [-0.25, -0.2) is 4.98 Å². The highest BCUT2D eigenvalue weighted by Gasteiger charge is 2.14. The molecule has 7 rings (SSSR count). The van der Waals surface area contributed by atoms with Crippen molar-refractivity contribution < 1.29 is 0 Å². The third-order valence-corrected chi connectivity index (χ3v) is 8.55. The van der Waals surface area contributed by atoms with Gasteiger partial charge < -0.3 is 0 Å². The molecule has 0 saturated heterocycles. The molecule has 0 spiro atoms. The van der Waals surface area contributed by atoms with Crippen molar-refractivity contribution >= 4 is 63.0 Å². The summed E-state index contributed by atoms with van der Waals surface area (Å²) in [5.74, 6) is 0.